The molecule has 2 rings (SSSR count). The lowest BCUT2D eigenvalue weighted by Crippen LogP contribution is -2.64. The van der Waals surface area contributed by atoms with Gasteiger partial charge in [-0.25, -0.2) is 4.98 Å². The lowest BCUT2D eigenvalue weighted by Gasteiger charge is -2.48. The van der Waals surface area contributed by atoms with Crippen molar-refractivity contribution in [1.82, 2.24) is 15.2 Å². The minimum Gasteiger partial charge on any atom is -0.308 e. The summed E-state index contributed by atoms with van der Waals surface area (Å²) in [6.07, 6.45) is 5.57. The highest BCUT2D eigenvalue weighted by Crippen LogP contribution is 2.27. The molecule has 1 aliphatic heterocycles. The maximum absolute atomic E-state index is 4.49. The van der Waals surface area contributed by atoms with Crippen molar-refractivity contribution in [2.45, 2.75) is 64.5 Å². The normalized spacial score (nSPS) is 24.7. The van der Waals surface area contributed by atoms with E-state index in [1.165, 1.54) is 30.8 Å². The number of nitrogens with one attached hydrogen (secondary N) is 1. The standard InChI is InChI=1S/C16H29N3S/c1-5-14-10-18-16(6-2,7-3)12-19(14)11-13(4)15-17-8-9-20-15/h8-9,13-14,18H,5-7,10-12H2,1-4H3. The molecule has 3 nitrogen and oxygen atoms in total. The van der Waals surface area contributed by atoms with Gasteiger partial charge < -0.3 is 5.32 Å². The van der Waals surface area contributed by atoms with E-state index < -0.39 is 0 Å². The molecule has 0 radical (unpaired) electrons. The van der Waals surface area contributed by atoms with Crippen molar-refractivity contribution in [3.63, 3.8) is 0 Å². The number of aromatic nitrogens is 1. The van der Waals surface area contributed by atoms with Gasteiger partial charge in [0.25, 0.3) is 0 Å². The Morgan fingerprint density at radius 1 is 1.45 bits per heavy atom. The van der Waals surface area contributed by atoms with E-state index in [0.717, 1.165) is 13.1 Å². The second-order valence-electron chi connectivity index (χ2n) is 6.13. The van der Waals surface area contributed by atoms with Crippen LogP contribution in [-0.2, 0) is 0 Å². The Hall–Kier alpha value is -0.450. The molecule has 0 spiro atoms. The molecule has 1 saturated heterocycles. The fourth-order valence-corrected chi connectivity index (χ4v) is 3.97. The monoisotopic (exact) mass is 295 g/mol. The molecule has 1 aromatic heterocycles. The molecule has 0 aromatic carbocycles. The van der Waals surface area contributed by atoms with Crippen molar-refractivity contribution in [3.05, 3.63) is 16.6 Å². The summed E-state index contributed by atoms with van der Waals surface area (Å²) in [5.41, 5.74) is 0.314. The van der Waals surface area contributed by atoms with Gasteiger partial charge in [-0.05, 0) is 19.3 Å². The summed E-state index contributed by atoms with van der Waals surface area (Å²) in [6.45, 7) is 12.7. The van der Waals surface area contributed by atoms with Crippen molar-refractivity contribution in [1.29, 1.82) is 0 Å². The average molecular weight is 295 g/mol. The molecule has 2 unspecified atom stereocenters. The minimum absolute atomic E-state index is 0.314. The molecule has 20 heavy (non-hydrogen) atoms. The summed E-state index contributed by atoms with van der Waals surface area (Å²) in [5, 5.41) is 7.18. The second kappa shape index (κ2) is 7.01. The van der Waals surface area contributed by atoms with Crippen molar-refractivity contribution < 1.29 is 0 Å². The molecule has 4 heteroatoms. The van der Waals surface area contributed by atoms with Crippen LogP contribution in [0.4, 0.5) is 0 Å². The maximum atomic E-state index is 4.49. The number of hydrogen-bond acceptors (Lipinski definition) is 4. The molecule has 1 fully saturated rings. The van der Waals surface area contributed by atoms with Crippen LogP contribution < -0.4 is 5.32 Å². The fourth-order valence-electron chi connectivity index (χ4n) is 3.28. The number of nitrogens with zero attached hydrogens (tertiary/aromatic N) is 2. The molecule has 0 bridgehead atoms. The van der Waals surface area contributed by atoms with Crippen LogP contribution in [0.25, 0.3) is 0 Å². The first-order chi connectivity index (χ1) is 9.64. The third-order valence-electron chi connectivity index (χ3n) is 4.94. The predicted molar refractivity (Wildman–Crippen MR) is 87.5 cm³/mol. The van der Waals surface area contributed by atoms with Crippen LogP contribution in [0.2, 0.25) is 0 Å². The molecule has 114 valence electrons. The maximum Gasteiger partial charge on any atom is 0.0965 e. The Kier molecular flexibility index (Phi) is 5.58. The zero-order chi connectivity index (χ0) is 14.6. The van der Waals surface area contributed by atoms with Gasteiger partial charge in [-0.2, -0.15) is 0 Å². The van der Waals surface area contributed by atoms with Crippen LogP contribution in [0.15, 0.2) is 11.6 Å². The first-order valence-electron chi connectivity index (χ1n) is 8.02. The smallest absolute Gasteiger partial charge is 0.0965 e. The number of thiazole rings is 1. The zero-order valence-electron chi connectivity index (χ0n) is 13.4. The summed E-state index contributed by atoms with van der Waals surface area (Å²) >= 11 is 1.79. The highest BCUT2D eigenvalue weighted by atomic mass is 32.1. The Morgan fingerprint density at radius 3 is 2.75 bits per heavy atom. The highest BCUT2D eigenvalue weighted by molar-refractivity contribution is 7.09. The third-order valence-corrected chi connectivity index (χ3v) is 5.95. The quantitative estimate of drug-likeness (QED) is 0.871. The Bertz CT molecular complexity index is 386. The molecular weight excluding hydrogens is 266 g/mol. The molecule has 1 N–H and O–H groups in total. The van der Waals surface area contributed by atoms with E-state index in [0.29, 0.717) is 17.5 Å². The van der Waals surface area contributed by atoms with Crippen LogP contribution in [0, 0.1) is 0 Å². The summed E-state index contributed by atoms with van der Waals surface area (Å²) in [6, 6.07) is 0.670. The van der Waals surface area contributed by atoms with Gasteiger partial charge in [0.1, 0.15) is 0 Å². The number of rotatable bonds is 6. The molecule has 1 aromatic rings. The molecule has 0 amide bonds. The first-order valence-corrected chi connectivity index (χ1v) is 8.90. The lowest BCUT2D eigenvalue weighted by molar-refractivity contribution is 0.0665. The minimum atomic E-state index is 0.314. The van der Waals surface area contributed by atoms with Gasteiger partial charge in [-0.1, -0.05) is 27.7 Å². The van der Waals surface area contributed by atoms with E-state index in [1.54, 1.807) is 11.3 Å². The molecule has 0 saturated carbocycles. The summed E-state index contributed by atoms with van der Waals surface area (Å²) < 4.78 is 0. The van der Waals surface area contributed by atoms with Crippen molar-refractivity contribution >= 4 is 11.3 Å². The highest BCUT2D eigenvalue weighted by Gasteiger charge is 2.36. The van der Waals surface area contributed by atoms with Crippen molar-refractivity contribution in [3.8, 4) is 0 Å². The third kappa shape index (κ3) is 3.41. The van der Waals surface area contributed by atoms with E-state index in [9.17, 15) is 0 Å². The Labute approximate surface area is 127 Å². The van der Waals surface area contributed by atoms with Crippen LogP contribution in [0.3, 0.4) is 0 Å². The van der Waals surface area contributed by atoms with E-state index in [-0.39, 0.29) is 0 Å². The average Bonchev–Trinajstić information content (AvgIpc) is 3.01. The van der Waals surface area contributed by atoms with Gasteiger partial charge in [0.05, 0.1) is 5.01 Å². The summed E-state index contributed by atoms with van der Waals surface area (Å²) in [5.74, 6) is 0.536. The van der Waals surface area contributed by atoms with Gasteiger partial charge in [0, 0.05) is 48.7 Å². The molecule has 1 aliphatic rings. The largest absolute Gasteiger partial charge is 0.308 e. The second-order valence-corrected chi connectivity index (χ2v) is 7.06. The van der Waals surface area contributed by atoms with E-state index in [2.05, 4.69) is 48.3 Å². The Morgan fingerprint density at radius 2 is 2.20 bits per heavy atom. The van der Waals surface area contributed by atoms with Gasteiger partial charge in [-0.15, -0.1) is 11.3 Å². The van der Waals surface area contributed by atoms with Crippen molar-refractivity contribution in [2.75, 3.05) is 19.6 Å². The molecule has 0 aliphatic carbocycles. The number of hydrogen-bond donors (Lipinski definition) is 1. The fraction of sp³-hybridized carbons (Fsp3) is 0.812. The number of piperazine rings is 1. The molecule has 2 heterocycles. The molecule has 2 atom stereocenters. The molecular formula is C16H29N3S. The summed E-state index contributed by atoms with van der Waals surface area (Å²) in [7, 11) is 0. The predicted octanol–water partition coefficient (Wildman–Crippen LogP) is 3.49. The van der Waals surface area contributed by atoms with Crippen molar-refractivity contribution in [2.24, 2.45) is 0 Å². The van der Waals surface area contributed by atoms with Crippen LogP contribution in [0.5, 0.6) is 0 Å². The van der Waals surface area contributed by atoms with Crippen LogP contribution in [0.1, 0.15) is 57.9 Å². The summed E-state index contributed by atoms with van der Waals surface area (Å²) in [4.78, 5) is 7.19. The van der Waals surface area contributed by atoms with E-state index in [1.807, 2.05) is 6.20 Å². The van der Waals surface area contributed by atoms with Gasteiger partial charge in [0.15, 0.2) is 0 Å². The Balaban J connectivity index is 2.05. The van der Waals surface area contributed by atoms with Gasteiger partial charge in [-0.3, -0.25) is 4.90 Å². The SMILES string of the molecule is CCC1CNC(CC)(CC)CN1CC(C)c1nccs1. The van der Waals surface area contributed by atoms with Crippen LogP contribution in [-0.4, -0.2) is 41.1 Å². The van der Waals surface area contributed by atoms with Gasteiger partial charge in [0.2, 0.25) is 0 Å². The topological polar surface area (TPSA) is 28.2 Å². The van der Waals surface area contributed by atoms with E-state index >= 15 is 0 Å². The zero-order valence-corrected chi connectivity index (χ0v) is 14.2. The van der Waals surface area contributed by atoms with Gasteiger partial charge >= 0.3 is 0 Å². The van der Waals surface area contributed by atoms with E-state index in [4.69, 9.17) is 0 Å². The first kappa shape index (κ1) is 15.9. The van der Waals surface area contributed by atoms with Crippen LogP contribution >= 0.6 is 11.3 Å². The lowest BCUT2D eigenvalue weighted by atomic mass is 9.87.